The minimum Gasteiger partial charge on any atom is -0.281 e. The third-order valence-electron chi connectivity index (χ3n) is 5.07. The monoisotopic (exact) mass is 200 g/mol. The van der Waals surface area contributed by atoms with E-state index in [1.807, 2.05) is 0 Å². The molecule has 2 bridgehead atoms. The predicted molar refractivity (Wildman–Crippen MR) is 53.6 cm³/mol. The van der Waals surface area contributed by atoms with Crippen LogP contribution in [0.2, 0.25) is 0 Å². The summed E-state index contributed by atoms with van der Waals surface area (Å²) in [6, 6.07) is 0. The molecule has 0 aliphatic heterocycles. The summed E-state index contributed by atoms with van der Waals surface area (Å²) in [6.07, 6.45) is 3.48. The topological polar surface area (TPSA) is 17.1 Å². The van der Waals surface area contributed by atoms with E-state index in [0.29, 0.717) is 11.3 Å². The molecule has 0 aromatic heterocycles. The van der Waals surface area contributed by atoms with E-state index >= 15 is 0 Å². The van der Waals surface area contributed by atoms with Crippen molar-refractivity contribution < 1.29 is 4.79 Å². The van der Waals surface area contributed by atoms with Crippen molar-refractivity contribution >= 4 is 16.8 Å². The van der Waals surface area contributed by atoms with E-state index in [1.54, 1.807) is 0 Å². The van der Waals surface area contributed by atoms with Gasteiger partial charge in [0.2, 0.25) is 5.24 Å². The SMILES string of the molecule is CC1(C)C2CC[C@]1(C)C(C(=O)Cl)C2. The van der Waals surface area contributed by atoms with Crippen molar-refractivity contribution in [1.29, 1.82) is 0 Å². The number of hydrogen-bond acceptors (Lipinski definition) is 1. The van der Waals surface area contributed by atoms with Gasteiger partial charge in [-0.05, 0) is 47.6 Å². The molecule has 2 aliphatic rings. The maximum atomic E-state index is 11.3. The van der Waals surface area contributed by atoms with Gasteiger partial charge < -0.3 is 0 Å². The first-order valence-corrected chi connectivity index (χ1v) is 5.47. The fourth-order valence-corrected chi connectivity index (χ4v) is 3.88. The molecule has 2 rings (SSSR count). The molecule has 2 fully saturated rings. The first-order chi connectivity index (χ1) is 5.89. The normalized spacial score (nSPS) is 46.8. The smallest absolute Gasteiger partial charge is 0.225 e. The first-order valence-electron chi connectivity index (χ1n) is 5.09. The van der Waals surface area contributed by atoms with Gasteiger partial charge in [-0.15, -0.1) is 0 Å². The summed E-state index contributed by atoms with van der Waals surface area (Å²) < 4.78 is 0. The Labute approximate surface area is 84.8 Å². The van der Waals surface area contributed by atoms with E-state index in [0.717, 1.165) is 6.42 Å². The zero-order valence-electron chi connectivity index (χ0n) is 8.56. The van der Waals surface area contributed by atoms with Crippen LogP contribution in [0.15, 0.2) is 0 Å². The fraction of sp³-hybridized carbons (Fsp3) is 0.909. The number of halogens is 1. The summed E-state index contributed by atoms with van der Waals surface area (Å²) in [4.78, 5) is 11.3. The third-order valence-corrected chi connectivity index (χ3v) is 5.33. The van der Waals surface area contributed by atoms with Crippen molar-refractivity contribution in [2.24, 2.45) is 22.7 Å². The molecule has 2 saturated carbocycles. The number of rotatable bonds is 1. The highest BCUT2D eigenvalue weighted by Gasteiger charge is 2.62. The summed E-state index contributed by atoms with van der Waals surface area (Å²) in [5, 5.41) is -0.113. The van der Waals surface area contributed by atoms with E-state index in [1.165, 1.54) is 12.8 Å². The Morgan fingerprint density at radius 2 is 2.00 bits per heavy atom. The maximum absolute atomic E-state index is 11.3. The van der Waals surface area contributed by atoms with E-state index < -0.39 is 0 Å². The number of carbonyl (C=O) groups excluding carboxylic acids is 1. The Balaban J connectivity index is 2.38. The molecule has 0 radical (unpaired) electrons. The molecule has 0 N–H and O–H groups in total. The van der Waals surface area contributed by atoms with Gasteiger partial charge in [0.05, 0.1) is 0 Å². The molecule has 3 atom stereocenters. The largest absolute Gasteiger partial charge is 0.281 e. The summed E-state index contributed by atoms with van der Waals surface area (Å²) in [5.41, 5.74) is 0.471. The molecule has 1 nitrogen and oxygen atoms in total. The Kier molecular flexibility index (Phi) is 1.83. The van der Waals surface area contributed by atoms with Crippen molar-refractivity contribution in [3.05, 3.63) is 0 Å². The van der Waals surface area contributed by atoms with Crippen LogP contribution in [0.5, 0.6) is 0 Å². The lowest BCUT2D eigenvalue weighted by atomic mass is 9.67. The number of fused-ring (bicyclic) bond motifs is 2. The Hall–Kier alpha value is -0.0400. The Morgan fingerprint density at radius 3 is 2.23 bits per heavy atom. The molecule has 2 aliphatic carbocycles. The second-order valence-electron chi connectivity index (χ2n) is 5.47. The van der Waals surface area contributed by atoms with Crippen LogP contribution in [0.1, 0.15) is 40.0 Å². The van der Waals surface area contributed by atoms with Crippen molar-refractivity contribution in [2.75, 3.05) is 0 Å². The molecule has 2 heteroatoms. The number of carbonyl (C=O) groups is 1. The van der Waals surface area contributed by atoms with Gasteiger partial charge in [0.15, 0.2) is 0 Å². The summed E-state index contributed by atoms with van der Waals surface area (Å²) in [6.45, 7) is 6.83. The highest BCUT2D eigenvalue weighted by atomic mass is 35.5. The van der Waals surface area contributed by atoms with Crippen LogP contribution in [0, 0.1) is 22.7 Å². The molecule has 0 spiro atoms. The van der Waals surface area contributed by atoms with Crippen LogP contribution in [0.3, 0.4) is 0 Å². The molecule has 0 saturated heterocycles. The summed E-state index contributed by atoms with van der Waals surface area (Å²) in [5.74, 6) is 0.827. The zero-order valence-corrected chi connectivity index (χ0v) is 9.32. The third kappa shape index (κ3) is 0.971. The second kappa shape index (κ2) is 2.50. The number of hydrogen-bond donors (Lipinski definition) is 0. The van der Waals surface area contributed by atoms with Gasteiger partial charge in [0.25, 0.3) is 0 Å². The standard InChI is InChI=1S/C11H17ClO/c1-10(2)7-4-5-11(10,3)8(6-7)9(12)13/h7-8H,4-6H2,1-3H3/t7?,8?,11-/m1/s1. The molecular weight excluding hydrogens is 184 g/mol. The van der Waals surface area contributed by atoms with Gasteiger partial charge in [-0.2, -0.15) is 0 Å². The lowest BCUT2D eigenvalue weighted by molar-refractivity contribution is -0.119. The first kappa shape index (κ1) is 9.51. The van der Waals surface area contributed by atoms with Crippen molar-refractivity contribution in [3.63, 3.8) is 0 Å². The molecule has 0 amide bonds. The van der Waals surface area contributed by atoms with Gasteiger partial charge in [0, 0.05) is 5.92 Å². The lowest BCUT2D eigenvalue weighted by Crippen LogP contribution is -2.34. The van der Waals surface area contributed by atoms with Crippen LogP contribution in [0.4, 0.5) is 0 Å². The van der Waals surface area contributed by atoms with Gasteiger partial charge >= 0.3 is 0 Å². The second-order valence-corrected chi connectivity index (χ2v) is 5.84. The molecule has 0 aromatic rings. The van der Waals surface area contributed by atoms with Crippen LogP contribution in [0.25, 0.3) is 0 Å². The van der Waals surface area contributed by atoms with Crippen LogP contribution in [-0.2, 0) is 4.79 Å². The molecule has 0 aromatic carbocycles. The van der Waals surface area contributed by atoms with E-state index in [9.17, 15) is 4.79 Å². The fourth-order valence-electron chi connectivity index (χ4n) is 3.55. The van der Waals surface area contributed by atoms with E-state index in [4.69, 9.17) is 11.6 Å². The Morgan fingerprint density at radius 1 is 1.38 bits per heavy atom. The van der Waals surface area contributed by atoms with Gasteiger partial charge in [-0.1, -0.05) is 20.8 Å². The van der Waals surface area contributed by atoms with Gasteiger partial charge in [-0.3, -0.25) is 4.79 Å². The molecular formula is C11H17ClO. The van der Waals surface area contributed by atoms with E-state index in [-0.39, 0.29) is 16.6 Å². The Bertz CT molecular complexity index is 259. The van der Waals surface area contributed by atoms with Crippen molar-refractivity contribution in [1.82, 2.24) is 0 Å². The lowest BCUT2D eigenvalue weighted by Gasteiger charge is -2.37. The van der Waals surface area contributed by atoms with Gasteiger partial charge in [-0.25, -0.2) is 0 Å². The minimum atomic E-state index is -0.113. The van der Waals surface area contributed by atoms with Crippen LogP contribution < -0.4 is 0 Å². The maximum Gasteiger partial charge on any atom is 0.225 e. The quantitative estimate of drug-likeness (QED) is 0.594. The van der Waals surface area contributed by atoms with Crippen LogP contribution >= 0.6 is 11.6 Å². The minimum absolute atomic E-state index is 0.113. The van der Waals surface area contributed by atoms with Gasteiger partial charge in [0.1, 0.15) is 0 Å². The van der Waals surface area contributed by atoms with Crippen molar-refractivity contribution in [2.45, 2.75) is 40.0 Å². The van der Waals surface area contributed by atoms with Crippen molar-refractivity contribution in [3.8, 4) is 0 Å². The summed E-state index contributed by atoms with van der Waals surface area (Å²) >= 11 is 5.66. The average molecular weight is 201 g/mol. The average Bonchev–Trinajstić information content (AvgIpc) is 2.34. The molecule has 2 unspecified atom stereocenters. The zero-order chi connectivity index (χ0) is 9.85. The highest BCUT2D eigenvalue weighted by Crippen LogP contribution is 2.68. The van der Waals surface area contributed by atoms with Crippen LogP contribution in [-0.4, -0.2) is 5.24 Å². The summed E-state index contributed by atoms with van der Waals surface area (Å²) in [7, 11) is 0. The molecule has 74 valence electrons. The van der Waals surface area contributed by atoms with E-state index in [2.05, 4.69) is 20.8 Å². The highest BCUT2D eigenvalue weighted by molar-refractivity contribution is 6.64. The molecule has 13 heavy (non-hydrogen) atoms. The predicted octanol–water partition coefficient (Wildman–Crippen LogP) is 3.21. The molecule has 0 heterocycles.